The van der Waals surface area contributed by atoms with E-state index in [1.807, 2.05) is 30.3 Å². The van der Waals surface area contributed by atoms with E-state index in [2.05, 4.69) is 9.88 Å². The molecule has 0 atom stereocenters. The fourth-order valence-corrected chi connectivity index (χ4v) is 2.77. The number of furan rings is 1. The van der Waals surface area contributed by atoms with Crippen LogP contribution in [0.15, 0.2) is 62.6 Å². The van der Waals surface area contributed by atoms with Crippen molar-refractivity contribution in [3.63, 3.8) is 0 Å². The summed E-state index contributed by atoms with van der Waals surface area (Å²) in [4.78, 5) is 0. The molecule has 2 heterocycles. The first-order valence-corrected chi connectivity index (χ1v) is 7.64. The summed E-state index contributed by atoms with van der Waals surface area (Å²) in [5.41, 5.74) is 0.810. The predicted molar refractivity (Wildman–Crippen MR) is 76.2 cm³/mol. The van der Waals surface area contributed by atoms with Gasteiger partial charge in [0.15, 0.2) is 11.6 Å². The zero-order valence-corrected chi connectivity index (χ0v) is 11.9. The number of hydrogen-bond acceptors (Lipinski definition) is 5. The van der Waals surface area contributed by atoms with Crippen molar-refractivity contribution in [2.45, 2.75) is 12.0 Å². The van der Waals surface area contributed by atoms with Crippen molar-refractivity contribution in [3.8, 4) is 11.3 Å². The molecule has 0 saturated heterocycles. The van der Waals surface area contributed by atoms with Gasteiger partial charge in [-0.1, -0.05) is 35.5 Å². The lowest BCUT2D eigenvalue weighted by molar-refractivity contribution is 0.428. The molecule has 6 nitrogen and oxygen atoms in total. The van der Waals surface area contributed by atoms with Gasteiger partial charge in [0.25, 0.3) is 10.0 Å². The Bertz CT molecular complexity index is 850. The number of nitrogens with one attached hydrogen (secondary N) is 1. The molecule has 0 radical (unpaired) electrons. The van der Waals surface area contributed by atoms with E-state index in [1.54, 1.807) is 13.0 Å². The van der Waals surface area contributed by atoms with Crippen LogP contribution in [0.4, 0.5) is 5.82 Å². The Morgan fingerprint density at radius 3 is 2.52 bits per heavy atom. The van der Waals surface area contributed by atoms with Crippen LogP contribution in [0.3, 0.4) is 0 Å². The molecule has 0 aliphatic rings. The second-order valence-corrected chi connectivity index (χ2v) is 6.03. The van der Waals surface area contributed by atoms with Crippen molar-refractivity contribution in [2.24, 2.45) is 0 Å². The van der Waals surface area contributed by atoms with Gasteiger partial charge in [0, 0.05) is 11.6 Å². The Morgan fingerprint density at radius 1 is 1.10 bits per heavy atom. The molecule has 0 bridgehead atoms. The summed E-state index contributed by atoms with van der Waals surface area (Å²) in [6, 6.07) is 13.7. The molecule has 1 aromatic carbocycles. The van der Waals surface area contributed by atoms with Crippen LogP contribution in [0.1, 0.15) is 5.76 Å². The highest BCUT2D eigenvalue weighted by molar-refractivity contribution is 7.92. The number of aryl methyl sites for hydroxylation is 1. The lowest BCUT2D eigenvalue weighted by Gasteiger charge is -2.00. The fourth-order valence-electron chi connectivity index (χ4n) is 1.81. The molecule has 0 saturated carbocycles. The van der Waals surface area contributed by atoms with Crippen molar-refractivity contribution >= 4 is 15.8 Å². The van der Waals surface area contributed by atoms with Crippen molar-refractivity contribution in [1.82, 2.24) is 5.16 Å². The van der Waals surface area contributed by atoms with Gasteiger partial charge in [-0.25, -0.2) is 0 Å². The first kappa shape index (κ1) is 13.4. The van der Waals surface area contributed by atoms with Gasteiger partial charge >= 0.3 is 0 Å². The third-order valence-corrected chi connectivity index (χ3v) is 4.01. The summed E-state index contributed by atoms with van der Waals surface area (Å²) in [5, 5.41) is 3.54. The second-order valence-electron chi connectivity index (χ2n) is 4.41. The van der Waals surface area contributed by atoms with Gasteiger partial charge < -0.3 is 8.94 Å². The Morgan fingerprint density at radius 2 is 1.86 bits per heavy atom. The minimum absolute atomic E-state index is 0.0999. The molecule has 0 unspecified atom stereocenters. The third-order valence-electron chi connectivity index (χ3n) is 2.79. The standard InChI is InChI=1S/C14H12N2O4S/c1-10-7-8-14(19-10)21(17,18)16-13-9-12(20-15-13)11-5-3-2-4-6-11/h2-9H,1H3,(H,15,16). The Balaban J connectivity index is 1.85. The summed E-state index contributed by atoms with van der Waals surface area (Å²) >= 11 is 0. The lowest BCUT2D eigenvalue weighted by Crippen LogP contribution is -2.12. The molecule has 3 aromatic rings. The van der Waals surface area contributed by atoms with Crippen LogP contribution in [-0.2, 0) is 10.0 Å². The minimum atomic E-state index is -3.80. The van der Waals surface area contributed by atoms with Gasteiger partial charge in [0.2, 0.25) is 5.09 Å². The van der Waals surface area contributed by atoms with Crippen LogP contribution in [0.2, 0.25) is 0 Å². The average Bonchev–Trinajstić information content (AvgIpc) is 3.09. The zero-order chi connectivity index (χ0) is 14.9. The number of sulfonamides is 1. The van der Waals surface area contributed by atoms with Crippen molar-refractivity contribution < 1.29 is 17.4 Å². The molecule has 1 N–H and O–H groups in total. The number of benzene rings is 1. The van der Waals surface area contributed by atoms with Crippen LogP contribution in [-0.4, -0.2) is 13.6 Å². The Hall–Kier alpha value is -2.54. The quantitative estimate of drug-likeness (QED) is 0.800. The van der Waals surface area contributed by atoms with Crippen LogP contribution in [0.5, 0.6) is 0 Å². The van der Waals surface area contributed by atoms with Gasteiger partial charge in [-0.05, 0) is 19.1 Å². The Kier molecular flexibility index (Phi) is 3.26. The molecule has 0 amide bonds. The molecule has 108 valence electrons. The monoisotopic (exact) mass is 304 g/mol. The molecule has 0 spiro atoms. The topological polar surface area (TPSA) is 85.3 Å². The second kappa shape index (κ2) is 5.10. The smallest absolute Gasteiger partial charge is 0.296 e. The summed E-state index contributed by atoms with van der Waals surface area (Å²) in [6.45, 7) is 1.67. The molecule has 0 aliphatic heterocycles. The minimum Gasteiger partial charge on any atom is -0.448 e. The average molecular weight is 304 g/mol. The highest BCUT2D eigenvalue weighted by Gasteiger charge is 2.20. The summed E-state index contributed by atoms with van der Waals surface area (Å²) in [5.74, 6) is 1.09. The highest BCUT2D eigenvalue weighted by atomic mass is 32.2. The van der Waals surface area contributed by atoms with Gasteiger partial charge in [-0.3, -0.25) is 4.72 Å². The number of hydrogen-bond donors (Lipinski definition) is 1. The molecule has 0 aliphatic carbocycles. The van der Waals surface area contributed by atoms with E-state index in [-0.39, 0.29) is 10.9 Å². The maximum Gasteiger partial charge on any atom is 0.296 e. The van der Waals surface area contributed by atoms with Crippen molar-refractivity contribution in [2.75, 3.05) is 4.72 Å². The molecule has 2 aromatic heterocycles. The van der Waals surface area contributed by atoms with E-state index in [1.165, 1.54) is 12.1 Å². The van der Waals surface area contributed by atoms with Gasteiger partial charge in [0.05, 0.1) is 0 Å². The molecule has 7 heteroatoms. The van der Waals surface area contributed by atoms with Crippen molar-refractivity contribution in [3.05, 3.63) is 54.3 Å². The van der Waals surface area contributed by atoms with Crippen molar-refractivity contribution in [1.29, 1.82) is 0 Å². The third kappa shape index (κ3) is 2.82. The van der Waals surface area contributed by atoms with Crippen LogP contribution < -0.4 is 4.72 Å². The summed E-state index contributed by atoms with van der Waals surface area (Å²) in [6.07, 6.45) is 0. The highest BCUT2D eigenvalue weighted by Crippen LogP contribution is 2.24. The van der Waals surface area contributed by atoms with E-state index in [0.717, 1.165) is 5.56 Å². The number of anilines is 1. The summed E-state index contributed by atoms with van der Waals surface area (Å²) < 4.78 is 36.7. The number of nitrogens with zero attached hydrogens (tertiary/aromatic N) is 1. The normalized spacial score (nSPS) is 11.5. The Labute approximate surface area is 121 Å². The van der Waals surface area contributed by atoms with Gasteiger partial charge in [-0.15, -0.1) is 0 Å². The SMILES string of the molecule is Cc1ccc(S(=O)(=O)Nc2cc(-c3ccccc3)on2)o1. The fraction of sp³-hybridized carbons (Fsp3) is 0.0714. The van der Waals surface area contributed by atoms with Crippen LogP contribution in [0, 0.1) is 6.92 Å². The van der Waals surface area contributed by atoms with E-state index in [9.17, 15) is 8.42 Å². The molecule has 3 rings (SSSR count). The summed E-state index contributed by atoms with van der Waals surface area (Å²) in [7, 11) is -3.80. The van der Waals surface area contributed by atoms with E-state index in [4.69, 9.17) is 8.94 Å². The molecule has 0 fully saturated rings. The number of rotatable bonds is 4. The maximum absolute atomic E-state index is 12.1. The zero-order valence-electron chi connectivity index (χ0n) is 11.1. The van der Waals surface area contributed by atoms with Crippen LogP contribution >= 0.6 is 0 Å². The number of aromatic nitrogens is 1. The molecular weight excluding hydrogens is 292 g/mol. The first-order valence-electron chi connectivity index (χ1n) is 6.16. The predicted octanol–water partition coefficient (Wildman–Crippen LogP) is 3.04. The molecule has 21 heavy (non-hydrogen) atoms. The van der Waals surface area contributed by atoms with Gasteiger partial charge in [0.1, 0.15) is 5.76 Å². The van der Waals surface area contributed by atoms with E-state index in [0.29, 0.717) is 11.5 Å². The molecular formula is C14H12N2O4S. The maximum atomic E-state index is 12.1. The van der Waals surface area contributed by atoms with Gasteiger partial charge in [-0.2, -0.15) is 8.42 Å². The largest absolute Gasteiger partial charge is 0.448 e. The first-order chi connectivity index (χ1) is 10.0. The van der Waals surface area contributed by atoms with Crippen LogP contribution in [0.25, 0.3) is 11.3 Å². The lowest BCUT2D eigenvalue weighted by atomic mass is 10.2. The van der Waals surface area contributed by atoms with E-state index >= 15 is 0 Å². The van der Waals surface area contributed by atoms with E-state index < -0.39 is 10.0 Å².